The molecule has 7 nitrogen and oxygen atoms in total. The molecule has 1 aliphatic carbocycles. The van der Waals surface area contributed by atoms with Crippen LogP contribution in [0.2, 0.25) is 0 Å². The van der Waals surface area contributed by atoms with E-state index in [1.807, 2.05) is 11.8 Å². The number of ether oxygens (including phenoxy) is 1. The summed E-state index contributed by atoms with van der Waals surface area (Å²) in [5.41, 5.74) is 2.39. The minimum Gasteiger partial charge on any atom is -0.381 e. The molecule has 0 radical (unpaired) electrons. The number of nitrogens with one attached hydrogen (secondary N) is 1. The van der Waals surface area contributed by atoms with Crippen LogP contribution in [0, 0.1) is 0 Å². The number of rotatable bonds is 7. The lowest BCUT2D eigenvalue weighted by atomic mass is 10.0. The molecular formula is C21H25F2N5O2. The average Bonchev–Trinajstić information content (AvgIpc) is 3.38. The van der Waals surface area contributed by atoms with Gasteiger partial charge in [-0.2, -0.15) is 8.78 Å². The van der Waals surface area contributed by atoms with Gasteiger partial charge in [-0.25, -0.2) is 15.0 Å². The van der Waals surface area contributed by atoms with Crippen LogP contribution in [0.3, 0.4) is 0 Å². The van der Waals surface area contributed by atoms with Crippen LogP contribution in [0.15, 0.2) is 18.3 Å². The summed E-state index contributed by atoms with van der Waals surface area (Å²) in [7, 11) is 0. The fourth-order valence-electron chi connectivity index (χ4n) is 3.85. The van der Waals surface area contributed by atoms with E-state index in [4.69, 9.17) is 4.74 Å². The van der Waals surface area contributed by atoms with E-state index in [1.165, 1.54) is 6.92 Å². The van der Waals surface area contributed by atoms with Crippen LogP contribution in [-0.2, 0) is 27.3 Å². The summed E-state index contributed by atoms with van der Waals surface area (Å²) < 4.78 is 33.6. The van der Waals surface area contributed by atoms with E-state index in [2.05, 4.69) is 20.3 Å². The molecule has 0 atom stereocenters. The first-order chi connectivity index (χ1) is 14.2. The number of fused-ring (bicyclic) bond motifs is 2. The number of aromatic nitrogens is 3. The van der Waals surface area contributed by atoms with Crippen molar-refractivity contribution >= 4 is 23.2 Å². The van der Waals surface area contributed by atoms with Gasteiger partial charge >= 0.3 is 5.92 Å². The van der Waals surface area contributed by atoms with Gasteiger partial charge in [0.15, 0.2) is 0 Å². The molecular weight excluding hydrogens is 392 g/mol. The number of nitrogens with zero attached hydrogens (tertiary/aromatic N) is 4. The van der Waals surface area contributed by atoms with Crippen molar-refractivity contribution in [3.63, 3.8) is 0 Å². The van der Waals surface area contributed by atoms with Gasteiger partial charge in [-0.05, 0) is 19.8 Å². The van der Waals surface area contributed by atoms with Crippen LogP contribution in [0.4, 0.5) is 26.1 Å². The Morgan fingerprint density at radius 3 is 2.73 bits per heavy atom. The van der Waals surface area contributed by atoms with Gasteiger partial charge in [-0.3, -0.25) is 4.79 Å². The van der Waals surface area contributed by atoms with E-state index in [1.54, 1.807) is 18.3 Å². The van der Waals surface area contributed by atoms with Crippen molar-refractivity contribution in [2.75, 3.05) is 30.0 Å². The van der Waals surface area contributed by atoms with Crippen LogP contribution < -0.4 is 10.2 Å². The van der Waals surface area contributed by atoms with Gasteiger partial charge in [0.25, 0.3) is 0 Å². The molecule has 1 amide bonds. The monoisotopic (exact) mass is 417 g/mol. The zero-order valence-corrected chi connectivity index (χ0v) is 17.3. The van der Waals surface area contributed by atoms with E-state index in [0.717, 1.165) is 31.0 Å². The number of carbonyl (C=O) groups excluding carboxylic acids is 1. The molecule has 160 valence electrons. The van der Waals surface area contributed by atoms with Gasteiger partial charge < -0.3 is 15.0 Å². The molecule has 4 rings (SSSR count). The molecule has 1 spiro atoms. The largest absolute Gasteiger partial charge is 0.381 e. The van der Waals surface area contributed by atoms with Crippen molar-refractivity contribution in [1.82, 2.24) is 15.0 Å². The smallest absolute Gasteiger partial charge is 0.303 e. The van der Waals surface area contributed by atoms with Crippen LogP contribution in [0.5, 0.6) is 0 Å². The fraction of sp³-hybridized carbons (Fsp3) is 0.524. The van der Waals surface area contributed by atoms with Gasteiger partial charge in [-0.1, -0.05) is 0 Å². The highest BCUT2D eigenvalue weighted by Gasteiger charge is 2.52. The lowest BCUT2D eigenvalue weighted by Crippen LogP contribution is -2.23. The predicted molar refractivity (Wildman–Crippen MR) is 108 cm³/mol. The molecule has 1 N–H and O–H groups in total. The third kappa shape index (κ3) is 3.98. The Morgan fingerprint density at radius 1 is 1.33 bits per heavy atom. The Morgan fingerprint density at radius 2 is 2.10 bits per heavy atom. The van der Waals surface area contributed by atoms with Gasteiger partial charge in [0.05, 0.1) is 12.3 Å². The summed E-state index contributed by atoms with van der Waals surface area (Å²) in [5, 5.41) is 2.69. The second-order valence-electron chi connectivity index (χ2n) is 8.01. The Balaban J connectivity index is 1.75. The maximum absolute atomic E-state index is 14.1. The van der Waals surface area contributed by atoms with E-state index in [0.29, 0.717) is 43.5 Å². The highest BCUT2D eigenvalue weighted by atomic mass is 19.3. The van der Waals surface area contributed by atoms with Crippen molar-refractivity contribution in [3.8, 4) is 0 Å². The summed E-state index contributed by atoms with van der Waals surface area (Å²) in [6.07, 6.45) is 4.22. The third-order valence-electron chi connectivity index (χ3n) is 5.50. The van der Waals surface area contributed by atoms with Gasteiger partial charge in [0.2, 0.25) is 11.7 Å². The molecule has 30 heavy (non-hydrogen) atoms. The lowest BCUT2D eigenvalue weighted by molar-refractivity contribution is -0.114. The summed E-state index contributed by atoms with van der Waals surface area (Å²) in [6.45, 7) is 5.70. The molecule has 0 bridgehead atoms. The first-order valence-corrected chi connectivity index (χ1v) is 10.1. The number of hydrogen-bond donors (Lipinski definition) is 1. The summed E-state index contributed by atoms with van der Waals surface area (Å²) in [4.78, 5) is 26.0. The van der Waals surface area contributed by atoms with Crippen LogP contribution in [0.1, 0.15) is 50.7 Å². The van der Waals surface area contributed by atoms with E-state index in [-0.39, 0.29) is 11.3 Å². The number of pyridine rings is 1. The Hall–Kier alpha value is -2.68. The molecule has 2 aromatic heterocycles. The van der Waals surface area contributed by atoms with Crippen molar-refractivity contribution in [3.05, 3.63) is 35.4 Å². The lowest BCUT2D eigenvalue weighted by Gasteiger charge is -2.22. The number of anilines is 3. The van der Waals surface area contributed by atoms with Crippen molar-refractivity contribution < 1.29 is 18.3 Å². The first kappa shape index (κ1) is 20.6. The third-order valence-corrected chi connectivity index (χ3v) is 5.50. The summed E-state index contributed by atoms with van der Waals surface area (Å²) in [6, 6.07) is 3.54. The number of halogens is 2. The molecule has 1 fully saturated rings. The normalized spacial score (nSPS) is 16.6. The summed E-state index contributed by atoms with van der Waals surface area (Å²) >= 11 is 0. The molecule has 2 aliphatic rings. The van der Waals surface area contributed by atoms with Crippen molar-refractivity contribution in [2.24, 2.45) is 0 Å². The minimum absolute atomic E-state index is 0.0254. The molecule has 0 aromatic carbocycles. The average molecular weight is 417 g/mol. The Labute approximate surface area is 173 Å². The second kappa shape index (κ2) is 7.54. The maximum Gasteiger partial charge on any atom is 0.303 e. The van der Waals surface area contributed by atoms with Crippen molar-refractivity contribution in [2.45, 2.75) is 51.4 Å². The zero-order valence-electron chi connectivity index (χ0n) is 17.3. The summed E-state index contributed by atoms with van der Waals surface area (Å²) in [5.74, 6) is -3.02. The van der Waals surface area contributed by atoms with E-state index < -0.39 is 11.7 Å². The van der Waals surface area contributed by atoms with Gasteiger partial charge in [-0.15, -0.1) is 0 Å². The quantitative estimate of drug-likeness (QED) is 0.692. The van der Waals surface area contributed by atoms with Gasteiger partial charge in [0, 0.05) is 68.4 Å². The van der Waals surface area contributed by atoms with Crippen LogP contribution in [-0.4, -0.2) is 40.6 Å². The molecule has 0 unspecified atom stereocenters. The zero-order chi connectivity index (χ0) is 21.5. The second-order valence-corrected chi connectivity index (χ2v) is 8.01. The molecule has 1 saturated carbocycles. The Bertz CT molecular complexity index is 972. The predicted octanol–water partition coefficient (Wildman–Crippen LogP) is 3.70. The number of hydrogen-bond acceptors (Lipinski definition) is 6. The minimum atomic E-state index is -3.16. The SMILES string of the molecule is CCOCCc1cc(N2CC3(CC3)c3cnc(NC(C)=O)cc32)nc(C(C)(F)F)n1. The highest BCUT2D eigenvalue weighted by Crippen LogP contribution is 2.58. The van der Waals surface area contributed by atoms with Crippen LogP contribution >= 0.6 is 0 Å². The molecule has 1 aliphatic heterocycles. The Kier molecular flexibility index (Phi) is 5.17. The molecule has 3 heterocycles. The van der Waals surface area contributed by atoms with Gasteiger partial charge in [0.1, 0.15) is 11.6 Å². The highest BCUT2D eigenvalue weighted by molar-refractivity contribution is 5.89. The molecule has 9 heteroatoms. The molecule has 2 aromatic rings. The fourth-order valence-corrected chi connectivity index (χ4v) is 3.85. The molecule has 0 saturated heterocycles. The number of alkyl halides is 2. The van der Waals surface area contributed by atoms with E-state index in [9.17, 15) is 13.6 Å². The van der Waals surface area contributed by atoms with Crippen LogP contribution in [0.25, 0.3) is 0 Å². The van der Waals surface area contributed by atoms with Crippen molar-refractivity contribution in [1.29, 1.82) is 0 Å². The number of amides is 1. The topological polar surface area (TPSA) is 80.2 Å². The van der Waals surface area contributed by atoms with E-state index >= 15 is 0 Å². The first-order valence-electron chi connectivity index (χ1n) is 10.1. The standard InChI is InChI=1S/C21H25F2N5O2/c1-4-30-8-5-14-9-18(27-19(26-14)20(3,22)23)28-12-21(6-7-21)15-11-24-17(10-16(15)28)25-13(2)29/h9-11H,4-8,12H2,1-3H3,(H,24,25,29). The maximum atomic E-state index is 14.1. The number of carbonyl (C=O) groups is 1.